The molecule has 0 spiro atoms. The van der Waals surface area contributed by atoms with E-state index in [9.17, 15) is 9.90 Å². The Bertz CT molecular complexity index is 1480. The summed E-state index contributed by atoms with van der Waals surface area (Å²) in [5.41, 5.74) is 3.87. The number of rotatable bonds is 7. The van der Waals surface area contributed by atoms with E-state index in [1.807, 2.05) is 42.5 Å². The molecule has 1 saturated heterocycles. The Balaban J connectivity index is 1.38. The summed E-state index contributed by atoms with van der Waals surface area (Å²) in [4.78, 5) is 15.3. The summed E-state index contributed by atoms with van der Waals surface area (Å²) < 4.78 is 10.6. The van der Waals surface area contributed by atoms with Crippen molar-refractivity contribution in [2.45, 2.75) is 6.54 Å². The van der Waals surface area contributed by atoms with Crippen LogP contribution in [0.3, 0.4) is 0 Å². The monoisotopic (exact) mass is 509 g/mol. The molecule has 0 radical (unpaired) electrons. The number of carbonyl (C=O) groups excluding carboxylic acids is 1. The number of hydrogen-bond donors (Lipinski definition) is 1. The molecule has 0 bridgehead atoms. The molecule has 0 unspecified atom stereocenters. The largest absolute Gasteiger partial charge is 0.504 e. The van der Waals surface area contributed by atoms with Gasteiger partial charge in [0, 0.05) is 0 Å². The zero-order chi connectivity index (χ0) is 25.6. The maximum absolute atomic E-state index is 13.3. The first-order valence-corrected chi connectivity index (χ1v) is 12.3. The molecule has 8 heteroatoms. The summed E-state index contributed by atoms with van der Waals surface area (Å²) in [6, 6.07) is 26.6. The van der Waals surface area contributed by atoms with Crippen LogP contribution >= 0.6 is 11.8 Å². The Morgan fingerprint density at radius 2 is 1.73 bits per heavy atom. The van der Waals surface area contributed by atoms with Gasteiger partial charge in [-0.1, -0.05) is 60.7 Å². The smallest absolute Gasteiger partial charge is 0.267 e. The summed E-state index contributed by atoms with van der Waals surface area (Å²) >= 11 is 1.22. The quantitative estimate of drug-likeness (QED) is 0.183. The molecule has 184 valence electrons. The average molecular weight is 510 g/mol. The lowest BCUT2D eigenvalue weighted by molar-refractivity contribution is -0.122. The number of benzene rings is 3. The topological polar surface area (TPSA) is 87.6 Å². The predicted octanol–water partition coefficient (Wildman–Crippen LogP) is 6.17. The number of carbonyl (C=O) groups is 1. The lowest BCUT2D eigenvalue weighted by Gasteiger charge is -2.12. The fraction of sp³-hybridized carbons (Fsp3) is 0.0690. The number of amides is 1. The zero-order valence-electron chi connectivity index (χ0n) is 19.9. The van der Waals surface area contributed by atoms with E-state index in [2.05, 4.69) is 22.3 Å². The number of nitrogens with zero attached hydrogens (tertiary/aromatic N) is 3. The van der Waals surface area contributed by atoms with Crippen molar-refractivity contribution in [3.63, 3.8) is 0 Å². The summed E-state index contributed by atoms with van der Waals surface area (Å²) in [6.45, 7) is 0.231. The van der Waals surface area contributed by atoms with Crippen molar-refractivity contribution in [1.82, 2.24) is 4.90 Å². The number of thioether (sulfide) groups is 1. The van der Waals surface area contributed by atoms with E-state index in [1.54, 1.807) is 42.8 Å². The molecule has 1 amide bonds. The molecule has 5 rings (SSSR count). The summed E-state index contributed by atoms with van der Waals surface area (Å²) in [5.74, 6) is 0.779. The Morgan fingerprint density at radius 1 is 0.973 bits per heavy atom. The van der Waals surface area contributed by atoms with Crippen LogP contribution in [0.5, 0.6) is 11.5 Å². The first kappa shape index (κ1) is 24.1. The highest BCUT2D eigenvalue weighted by molar-refractivity contribution is 8.18. The third kappa shape index (κ3) is 5.65. The molecule has 1 N–H and O–H groups in total. The highest BCUT2D eigenvalue weighted by atomic mass is 32.2. The van der Waals surface area contributed by atoms with E-state index in [0.717, 1.165) is 16.7 Å². The highest BCUT2D eigenvalue weighted by Crippen LogP contribution is 2.35. The van der Waals surface area contributed by atoms with E-state index in [-0.39, 0.29) is 18.2 Å². The molecule has 3 aromatic carbocycles. The van der Waals surface area contributed by atoms with E-state index < -0.39 is 0 Å². The molecule has 1 aliphatic rings. The fourth-order valence-electron chi connectivity index (χ4n) is 3.75. The number of amidine groups is 1. The lowest BCUT2D eigenvalue weighted by atomic mass is 10.0. The van der Waals surface area contributed by atoms with Gasteiger partial charge in [-0.25, -0.2) is 0 Å². The number of phenolic OH excluding ortho intramolecular Hbond substituents is 1. The van der Waals surface area contributed by atoms with Gasteiger partial charge < -0.3 is 14.3 Å². The molecule has 7 nitrogen and oxygen atoms in total. The average Bonchev–Trinajstić information content (AvgIpc) is 3.55. The van der Waals surface area contributed by atoms with Crippen LogP contribution in [0.4, 0.5) is 0 Å². The minimum atomic E-state index is -0.213. The number of methoxy groups -OCH3 is 1. The zero-order valence-corrected chi connectivity index (χ0v) is 20.8. The molecule has 0 saturated carbocycles. The second kappa shape index (κ2) is 11.0. The lowest BCUT2D eigenvalue weighted by Crippen LogP contribution is -2.28. The van der Waals surface area contributed by atoms with Crippen LogP contribution in [-0.4, -0.2) is 34.4 Å². The Labute approximate surface area is 218 Å². The Morgan fingerprint density at radius 3 is 2.46 bits per heavy atom. The first-order chi connectivity index (χ1) is 18.1. The molecule has 37 heavy (non-hydrogen) atoms. The molecule has 1 aromatic heterocycles. The number of aromatic hydroxyl groups is 1. The third-order valence-corrected chi connectivity index (χ3v) is 6.65. The second-order valence-electron chi connectivity index (χ2n) is 8.13. The van der Waals surface area contributed by atoms with E-state index >= 15 is 0 Å². The van der Waals surface area contributed by atoms with E-state index in [1.165, 1.54) is 29.8 Å². The molecule has 1 aliphatic heterocycles. The van der Waals surface area contributed by atoms with E-state index in [0.29, 0.717) is 27.1 Å². The fourth-order valence-corrected chi connectivity index (χ4v) is 4.69. The maximum atomic E-state index is 13.3. The number of ether oxygens (including phenoxy) is 1. The maximum Gasteiger partial charge on any atom is 0.267 e. The standard InChI is InChI=1S/C29H23N3O4S/c1-35-26-16-21(11-14-25(26)33)17-27-28(34)32(19-24-8-5-15-36-24)29(37-27)31-30-18-20-9-12-23(13-10-20)22-6-3-2-4-7-22/h2-18,33H,19H2,1H3/b27-17-,30-18-,31-29+. The third-order valence-electron chi connectivity index (χ3n) is 5.65. The summed E-state index contributed by atoms with van der Waals surface area (Å²) in [6.07, 6.45) is 4.96. The number of furan rings is 1. The van der Waals surface area contributed by atoms with Gasteiger partial charge in [-0.05, 0) is 64.4 Å². The van der Waals surface area contributed by atoms with Gasteiger partial charge in [0.05, 0.1) is 31.0 Å². The Kier molecular flexibility index (Phi) is 7.19. The number of phenols is 1. The van der Waals surface area contributed by atoms with Gasteiger partial charge in [-0.2, -0.15) is 5.10 Å². The van der Waals surface area contributed by atoms with Crippen molar-refractivity contribution in [3.8, 4) is 22.6 Å². The van der Waals surface area contributed by atoms with Crippen molar-refractivity contribution < 1.29 is 19.1 Å². The van der Waals surface area contributed by atoms with Gasteiger partial charge >= 0.3 is 0 Å². The number of hydrogen-bond acceptors (Lipinski definition) is 7. The van der Waals surface area contributed by atoms with Crippen LogP contribution in [0.15, 0.2) is 111 Å². The Hall–Kier alpha value is -4.56. The van der Waals surface area contributed by atoms with Gasteiger partial charge in [0.25, 0.3) is 5.91 Å². The van der Waals surface area contributed by atoms with Crippen molar-refractivity contribution >= 4 is 35.1 Å². The molecular weight excluding hydrogens is 486 g/mol. The first-order valence-electron chi connectivity index (χ1n) is 11.5. The van der Waals surface area contributed by atoms with Crippen LogP contribution in [-0.2, 0) is 11.3 Å². The molecular formula is C29H23N3O4S. The van der Waals surface area contributed by atoms with Crippen LogP contribution in [0.2, 0.25) is 0 Å². The normalized spacial score (nSPS) is 15.8. The van der Waals surface area contributed by atoms with E-state index in [4.69, 9.17) is 9.15 Å². The van der Waals surface area contributed by atoms with Gasteiger partial charge in [0.2, 0.25) is 0 Å². The molecule has 0 aliphatic carbocycles. The van der Waals surface area contributed by atoms with Crippen molar-refractivity contribution in [3.05, 3.63) is 113 Å². The van der Waals surface area contributed by atoms with Crippen molar-refractivity contribution in [1.29, 1.82) is 0 Å². The highest BCUT2D eigenvalue weighted by Gasteiger charge is 2.34. The van der Waals surface area contributed by atoms with Crippen LogP contribution < -0.4 is 4.74 Å². The van der Waals surface area contributed by atoms with Gasteiger partial charge in [-0.3, -0.25) is 9.69 Å². The van der Waals surface area contributed by atoms with Crippen LogP contribution in [0.25, 0.3) is 17.2 Å². The van der Waals surface area contributed by atoms with Gasteiger partial charge in [0.1, 0.15) is 5.76 Å². The minimum absolute atomic E-state index is 0.0305. The molecule has 4 aromatic rings. The summed E-state index contributed by atoms with van der Waals surface area (Å²) in [5, 5.41) is 18.9. The predicted molar refractivity (Wildman–Crippen MR) is 146 cm³/mol. The second-order valence-corrected chi connectivity index (χ2v) is 9.14. The summed E-state index contributed by atoms with van der Waals surface area (Å²) in [7, 11) is 1.48. The van der Waals surface area contributed by atoms with Crippen LogP contribution in [0.1, 0.15) is 16.9 Å². The van der Waals surface area contributed by atoms with Crippen molar-refractivity contribution in [2.75, 3.05) is 7.11 Å². The molecule has 0 atom stereocenters. The van der Waals surface area contributed by atoms with Gasteiger partial charge in [0.15, 0.2) is 16.7 Å². The van der Waals surface area contributed by atoms with Crippen molar-refractivity contribution in [2.24, 2.45) is 10.2 Å². The van der Waals surface area contributed by atoms with Crippen LogP contribution in [0, 0.1) is 0 Å². The molecule has 2 heterocycles. The molecule has 1 fully saturated rings. The minimum Gasteiger partial charge on any atom is -0.504 e. The van der Waals surface area contributed by atoms with Gasteiger partial charge in [-0.15, -0.1) is 5.10 Å². The SMILES string of the molecule is COc1cc(/C=C2\S/C(=N/N=C\c3ccc(-c4ccccc4)cc3)N(Cc3ccco3)C2=O)ccc1O.